The fourth-order valence-electron chi connectivity index (χ4n) is 3.99. The zero-order valence-electron chi connectivity index (χ0n) is 22.9. The van der Waals surface area contributed by atoms with Gasteiger partial charge in [-0.3, -0.25) is 4.98 Å². The number of imidazole rings is 1. The molecule has 0 fully saturated rings. The number of H-pyrrole nitrogens is 1. The summed E-state index contributed by atoms with van der Waals surface area (Å²) in [5, 5.41) is 21.9. The van der Waals surface area contributed by atoms with Crippen molar-refractivity contribution in [2.45, 2.75) is 58.9 Å². The van der Waals surface area contributed by atoms with Crippen LogP contribution >= 0.6 is 0 Å². The van der Waals surface area contributed by atoms with Gasteiger partial charge in [0.2, 0.25) is 11.7 Å². The van der Waals surface area contributed by atoms with Gasteiger partial charge >= 0.3 is 24.3 Å². The third kappa shape index (κ3) is 8.73. The van der Waals surface area contributed by atoms with E-state index in [4.69, 9.17) is 29.3 Å². The molecule has 11 nitrogen and oxygen atoms in total. The number of fused-ring (bicyclic) bond motifs is 2. The molecule has 0 amide bonds. The first kappa shape index (κ1) is 33.0. The lowest BCUT2D eigenvalue weighted by Crippen LogP contribution is -2.24. The molecule has 0 bridgehead atoms. The SMILES string of the molecule is Cc1cc2nc(CCc3nc(-c4c(C)ncc5c4CCNC5)no3)[nH]c2cc1C.O=C(O)C(F)(F)F.O=C(O)C(F)(F)F. The topological polar surface area (TPSA) is 167 Å². The van der Waals surface area contributed by atoms with Crippen LogP contribution in [0.4, 0.5) is 26.3 Å². The molecule has 0 aliphatic carbocycles. The Hall–Kier alpha value is -4.54. The van der Waals surface area contributed by atoms with Gasteiger partial charge in [0.05, 0.1) is 11.0 Å². The molecule has 3 aromatic heterocycles. The van der Waals surface area contributed by atoms with Crippen LogP contribution in [0.5, 0.6) is 0 Å². The van der Waals surface area contributed by atoms with Gasteiger partial charge in [0.1, 0.15) is 5.82 Å². The summed E-state index contributed by atoms with van der Waals surface area (Å²) in [6, 6.07) is 4.27. The summed E-state index contributed by atoms with van der Waals surface area (Å²) in [6.07, 6.45) is -5.89. The van der Waals surface area contributed by atoms with Crippen molar-refractivity contribution in [2.24, 2.45) is 0 Å². The Morgan fingerprint density at radius 1 is 0.953 bits per heavy atom. The monoisotopic (exact) mass is 616 g/mol. The van der Waals surface area contributed by atoms with Crippen molar-refractivity contribution in [3.8, 4) is 11.4 Å². The van der Waals surface area contributed by atoms with Crippen LogP contribution in [0.1, 0.15) is 39.7 Å². The third-order valence-electron chi connectivity index (χ3n) is 6.23. The fraction of sp³-hybridized carbons (Fsp3) is 0.385. The minimum Gasteiger partial charge on any atom is -0.475 e. The second-order valence-electron chi connectivity index (χ2n) is 9.40. The lowest BCUT2D eigenvalue weighted by Gasteiger charge is -2.19. The highest BCUT2D eigenvalue weighted by Gasteiger charge is 2.38. The Morgan fingerprint density at radius 2 is 1.56 bits per heavy atom. The molecule has 0 atom stereocenters. The highest BCUT2D eigenvalue weighted by molar-refractivity contribution is 5.77. The Morgan fingerprint density at radius 3 is 2.16 bits per heavy atom. The molecular weight excluding hydrogens is 590 g/mol. The number of hydrogen-bond acceptors (Lipinski definition) is 8. The molecule has 1 aliphatic heterocycles. The van der Waals surface area contributed by atoms with Gasteiger partial charge in [-0.2, -0.15) is 31.3 Å². The first-order valence-corrected chi connectivity index (χ1v) is 12.5. The largest absolute Gasteiger partial charge is 0.490 e. The van der Waals surface area contributed by atoms with Gasteiger partial charge in [-0.25, -0.2) is 14.6 Å². The normalized spacial score (nSPS) is 13.0. The van der Waals surface area contributed by atoms with Gasteiger partial charge in [-0.15, -0.1) is 0 Å². The Balaban J connectivity index is 0.000000303. The molecule has 17 heteroatoms. The maximum Gasteiger partial charge on any atom is 0.490 e. The van der Waals surface area contributed by atoms with E-state index in [1.54, 1.807) is 0 Å². The standard InChI is InChI=1S/C22H24N6O.2C2HF3O2/c1-12-8-17-18(9-13(12)2)26-19(25-17)4-5-20-27-22(28-29-20)21-14(3)24-11-15-10-23-7-6-16(15)21;2*3-2(4,5)1(6)7/h8-9,11,23H,4-7,10H2,1-3H3,(H,25,26);2*(H,6,7). The molecule has 4 aromatic rings. The highest BCUT2D eigenvalue weighted by atomic mass is 19.4. The predicted molar refractivity (Wildman–Crippen MR) is 138 cm³/mol. The number of carbonyl (C=O) groups is 2. The van der Waals surface area contributed by atoms with E-state index in [0.29, 0.717) is 18.1 Å². The zero-order chi connectivity index (χ0) is 32.1. The van der Waals surface area contributed by atoms with Crippen LogP contribution in [0.3, 0.4) is 0 Å². The lowest BCUT2D eigenvalue weighted by molar-refractivity contribution is -0.193. The Bertz CT molecular complexity index is 1550. The molecular formula is C26H26F6N6O5. The number of halogens is 6. The number of carboxylic acids is 2. The van der Waals surface area contributed by atoms with E-state index >= 15 is 0 Å². The minimum atomic E-state index is -5.08. The van der Waals surface area contributed by atoms with Crippen molar-refractivity contribution in [1.29, 1.82) is 0 Å². The maximum absolute atomic E-state index is 10.6. The molecule has 0 unspecified atom stereocenters. The highest BCUT2D eigenvalue weighted by Crippen LogP contribution is 2.29. The number of pyridine rings is 1. The van der Waals surface area contributed by atoms with Crippen LogP contribution < -0.4 is 5.32 Å². The second-order valence-corrected chi connectivity index (χ2v) is 9.40. The van der Waals surface area contributed by atoms with Crippen molar-refractivity contribution in [1.82, 2.24) is 30.4 Å². The molecule has 232 valence electrons. The number of aliphatic carboxylic acids is 2. The van der Waals surface area contributed by atoms with Crippen molar-refractivity contribution >= 4 is 23.0 Å². The molecule has 4 N–H and O–H groups in total. The van der Waals surface area contributed by atoms with Gasteiger partial charge in [-0.1, -0.05) is 5.16 Å². The number of aromatic amines is 1. The van der Waals surface area contributed by atoms with Gasteiger partial charge in [0.25, 0.3) is 0 Å². The number of hydrogen-bond donors (Lipinski definition) is 4. The minimum absolute atomic E-state index is 0.624. The third-order valence-corrected chi connectivity index (χ3v) is 6.23. The summed E-state index contributed by atoms with van der Waals surface area (Å²) in [5.74, 6) is -3.32. The molecule has 0 saturated heterocycles. The Labute approximate surface area is 239 Å². The predicted octanol–water partition coefficient (Wildman–Crippen LogP) is 4.63. The van der Waals surface area contributed by atoms with Crippen LogP contribution in [0, 0.1) is 20.8 Å². The van der Waals surface area contributed by atoms with Crippen molar-refractivity contribution < 1.29 is 50.7 Å². The summed E-state index contributed by atoms with van der Waals surface area (Å²) in [4.78, 5) is 35.1. The first-order valence-electron chi connectivity index (χ1n) is 12.5. The van der Waals surface area contributed by atoms with Gasteiger partial charge < -0.3 is 25.0 Å². The van der Waals surface area contributed by atoms with E-state index < -0.39 is 24.3 Å². The number of rotatable bonds is 4. The van der Waals surface area contributed by atoms with E-state index in [0.717, 1.165) is 54.0 Å². The van der Waals surface area contributed by atoms with E-state index in [9.17, 15) is 26.3 Å². The van der Waals surface area contributed by atoms with Crippen LogP contribution in [0.25, 0.3) is 22.4 Å². The molecule has 0 radical (unpaired) electrons. The first-order chi connectivity index (χ1) is 20.0. The van der Waals surface area contributed by atoms with Crippen LogP contribution in [0.2, 0.25) is 0 Å². The van der Waals surface area contributed by atoms with E-state index in [-0.39, 0.29) is 0 Å². The molecule has 4 heterocycles. The summed E-state index contributed by atoms with van der Waals surface area (Å²) < 4.78 is 69.0. The number of aromatic nitrogens is 5. The van der Waals surface area contributed by atoms with Gasteiger partial charge in [0, 0.05) is 36.8 Å². The van der Waals surface area contributed by atoms with E-state index in [2.05, 4.69) is 51.4 Å². The number of alkyl halides is 6. The molecule has 43 heavy (non-hydrogen) atoms. The maximum atomic E-state index is 10.6. The lowest BCUT2D eigenvalue weighted by atomic mass is 9.95. The van der Waals surface area contributed by atoms with Crippen LogP contribution in [0.15, 0.2) is 22.9 Å². The summed E-state index contributed by atoms with van der Waals surface area (Å²) in [7, 11) is 0. The molecule has 0 saturated carbocycles. The zero-order valence-corrected chi connectivity index (χ0v) is 22.9. The number of carboxylic acid groups (broad SMARTS) is 2. The Kier molecular flexibility index (Phi) is 10.1. The van der Waals surface area contributed by atoms with E-state index in [1.807, 2.05) is 13.1 Å². The number of benzene rings is 1. The molecule has 0 spiro atoms. The van der Waals surface area contributed by atoms with Gasteiger partial charge in [0.15, 0.2) is 0 Å². The number of nitrogens with one attached hydrogen (secondary N) is 2. The smallest absolute Gasteiger partial charge is 0.475 e. The molecule has 5 rings (SSSR count). The average molecular weight is 617 g/mol. The summed E-state index contributed by atoms with van der Waals surface area (Å²) >= 11 is 0. The van der Waals surface area contributed by atoms with Crippen LogP contribution in [-0.4, -0.2) is 66.1 Å². The van der Waals surface area contributed by atoms with Gasteiger partial charge in [-0.05, 0) is 68.1 Å². The summed E-state index contributed by atoms with van der Waals surface area (Å²) in [5.41, 5.74) is 9.06. The average Bonchev–Trinajstić information content (AvgIpc) is 3.54. The van der Waals surface area contributed by atoms with Crippen molar-refractivity contribution in [3.05, 3.63) is 58.0 Å². The molecule has 1 aliphatic rings. The van der Waals surface area contributed by atoms with E-state index in [1.165, 1.54) is 22.3 Å². The fourth-order valence-corrected chi connectivity index (χ4v) is 3.99. The number of nitrogens with zero attached hydrogens (tertiary/aromatic N) is 4. The molecule has 1 aromatic carbocycles. The van der Waals surface area contributed by atoms with Crippen molar-refractivity contribution in [2.75, 3.05) is 6.54 Å². The quantitative estimate of drug-likeness (QED) is 0.237. The summed E-state index contributed by atoms with van der Waals surface area (Å²) in [6.45, 7) is 8.03. The second kappa shape index (κ2) is 13.2. The van der Waals surface area contributed by atoms with Crippen molar-refractivity contribution in [3.63, 3.8) is 0 Å². The van der Waals surface area contributed by atoms with Crippen LogP contribution in [-0.2, 0) is 35.4 Å². The number of aryl methyl sites for hydroxylation is 5.